The third kappa shape index (κ3) is 3.53. The van der Waals surface area contributed by atoms with Crippen molar-refractivity contribution in [1.29, 1.82) is 0 Å². The van der Waals surface area contributed by atoms with Crippen molar-refractivity contribution in [2.45, 2.75) is 31.5 Å². The summed E-state index contributed by atoms with van der Waals surface area (Å²) in [5.41, 5.74) is -1.34. The number of halogens is 3. The molecular formula is C16H15F3N4O3. The Morgan fingerprint density at radius 3 is 2.65 bits per heavy atom. The van der Waals surface area contributed by atoms with Crippen LogP contribution in [0.1, 0.15) is 35.3 Å². The standard InChI is InChI=1S/C16H15F3N4O3/c17-16(18,19)10-5-1-2-7-13(10)23-8-12(21-22-23)14(24)20-11-6-3-4-9(11)15(25)26/h1-2,5,7-9,11H,3-4,6H2,(H,20,24)(H,25,26)/t9-,11+/m1/s1. The number of alkyl halides is 3. The number of nitrogens with zero attached hydrogens (tertiary/aromatic N) is 3. The first-order valence-electron chi connectivity index (χ1n) is 7.90. The second kappa shape index (κ2) is 6.77. The van der Waals surface area contributed by atoms with Crippen molar-refractivity contribution in [1.82, 2.24) is 20.3 Å². The summed E-state index contributed by atoms with van der Waals surface area (Å²) in [7, 11) is 0. The average molecular weight is 368 g/mol. The molecule has 3 rings (SSSR count). The molecule has 2 aromatic rings. The highest BCUT2D eigenvalue weighted by Crippen LogP contribution is 2.33. The molecule has 0 bridgehead atoms. The van der Waals surface area contributed by atoms with E-state index < -0.39 is 35.6 Å². The van der Waals surface area contributed by atoms with E-state index in [1.165, 1.54) is 18.2 Å². The van der Waals surface area contributed by atoms with Crippen LogP contribution in [0, 0.1) is 5.92 Å². The highest BCUT2D eigenvalue weighted by molar-refractivity contribution is 5.92. The third-order valence-electron chi connectivity index (χ3n) is 4.33. The van der Waals surface area contributed by atoms with E-state index in [-0.39, 0.29) is 11.4 Å². The maximum atomic E-state index is 13.1. The van der Waals surface area contributed by atoms with E-state index in [0.717, 1.165) is 16.9 Å². The van der Waals surface area contributed by atoms with Crippen LogP contribution in [0.2, 0.25) is 0 Å². The Hall–Kier alpha value is -2.91. The van der Waals surface area contributed by atoms with Crippen molar-refractivity contribution in [3.8, 4) is 5.69 Å². The van der Waals surface area contributed by atoms with Crippen molar-refractivity contribution in [3.05, 3.63) is 41.7 Å². The van der Waals surface area contributed by atoms with E-state index in [0.29, 0.717) is 19.3 Å². The quantitative estimate of drug-likeness (QED) is 0.863. The fraction of sp³-hybridized carbons (Fsp3) is 0.375. The summed E-state index contributed by atoms with van der Waals surface area (Å²) in [5, 5.41) is 18.9. The molecule has 1 aliphatic rings. The lowest BCUT2D eigenvalue weighted by Crippen LogP contribution is -2.40. The molecule has 0 saturated heterocycles. The maximum Gasteiger partial charge on any atom is 0.418 e. The van der Waals surface area contributed by atoms with E-state index in [1.807, 2.05) is 0 Å². The number of aliphatic carboxylic acids is 1. The van der Waals surface area contributed by atoms with E-state index >= 15 is 0 Å². The van der Waals surface area contributed by atoms with Gasteiger partial charge in [0.25, 0.3) is 5.91 Å². The summed E-state index contributed by atoms with van der Waals surface area (Å²) in [6.45, 7) is 0. The first kappa shape index (κ1) is 17.9. The Balaban J connectivity index is 1.81. The van der Waals surface area contributed by atoms with Gasteiger partial charge >= 0.3 is 12.1 Å². The van der Waals surface area contributed by atoms with Crippen LogP contribution in [0.3, 0.4) is 0 Å². The largest absolute Gasteiger partial charge is 0.481 e. The number of hydrogen-bond donors (Lipinski definition) is 2. The Labute approximate surface area is 145 Å². The molecule has 1 saturated carbocycles. The molecule has 2 atom stereocenters. The normalized spacial score (nSPS) is 20.1. The molecule has 10 heteroatoms. The zero-order chi connectivity index (χ0) is 18.9. The van der Waals surface area contributed by atoms with Gasteiger partial charge in [0, 0.05) is 6.04 Å². The minimum absolute atomic E-state index is 0.182. The van der Waals surface area contributed by atoms with Crippen molar-refractivity contribution >= 4 is 11.9 Å². The van der Waals surface area contributed by atoms with Crippen molar-refractivity contribution in [3.63, 3.8) is 0 Å². The van der Waals surface area contributed by atoms with Crippen molar-refractivity contribution in [2.75, 3.05) is 0 Å². The van der Waals surface area contributed by atoms with Gasteiger partial charge in [0.1, 0.15) is 0 Å². The number of amides is 1. The number of aromatic nitrogens is 3. The highest BCUT2D eigenvalue weighted by atomic mass is 19.4. The molecule has 1 aromatic heterocycles. The number of carboxylic acid groups (broad SMARTS) is 1. The zero-order valence-corrected chi connectivity index (χ0v) is 13.4. The van der Waals surface area contributed by atoms with Gasteiger partial charge in [0.2, 0.25) is 0 Å². The van der Waals surface area contributed by atoms with Gasteiger partial charge < -0.3 is 10.4 Å². The van der Waals surface area contributed by atoms with Crippen molar-refractivity contribution < 1.29 is 27.9 Å². The summed E-state index contributed by atoms with van der Waals surface area (Å²) in [6.07, 6.45) is -1.83. The van der Waals surface area contributed by atoms with Gasteiger partial charge in [0.15, 0.2) is 5.69 Å². The van der Waals surface area contributed by atoms with Gasteiger partial charge in [-0.1, -0.05) is 23.8 Å². The monoisotopic (exact) mass is 368 g/mol. The van der Waals surface area contributed by atoms with Crippen LogP contribution in [0.25, 0.3) is 5.69 Å². The molecule has 0 spiro atoms. The molecule has 1 heterocycles. The first-order valence-corrected chi connectivity index (χ1v) is 7.90. The lowest BCUT2D eigenvalue weighted by Gasteiger charge is -2.16. The molecule has 0 aliphatic heterocycles. The number of nitrogens with one attached hydrogen (secondary N) is 1. The number of rotatable bonds is 4. The van der Waals surface area contributed by atoms with Gasteiger partial charge in [-0.05, 0) is 25.0 Å². The highest BCUT2D eigenvalue weighted by Gasteiger charge is 2.35. The number of hydrogen-bond acceptors (Lipinski definition) is 4. The Morgan fingerprint density at radius 2 is 1.96 bits per heavy atom. The maximum absolute atomic E-state index is 13.1. The molecule has 1 aromatic carbocycles. The number of para-hydroxylation sites is 1. The first-order chi connectivity index (χ1) is 12.3. The van der Waals surface area contributed by atoms with E-state index in [2.05, 4.69) is 15.6 Å². The lowest BCUT2D eigenvalue weighted by molar-refractivity contribution is -0.142. The summed E-state index contributed by atoms with van der Waals surface area (Å²) in [4.78, 5) is 23.4. The van der Waals surface area contributed by atoms with Crippen LogP contribution in [-0.2, 0) is 11.0 Å². The van der Waals surface area contributed by atoms with Crippen LogP contribution in [0.15, 0.2) is 30.5 Å². The molecule has 2 N–H and O–H groups in total. The summed E-state index contributed by atoms with van der Waals surface area (Å²) in [6, 6.07) is 4.27. The minimum atomic E-state index is -4.58. The molecule has 7 nitrogen and oxygen atoms in total. The third-order valence-corrected chi connectivity index (χ3v) is 4.33. The molecule has 1 aliphatic carbocycles. The summed E-state index contributed by atoms with van der Waals surface area (Å²) in [5.74, 6) is -2.34. The van der Waals surface area contributed by atoms with Crippen molar-refractivity contribution in [2.24, 2.45) is 5.92 Å². The molecule has 0 radical (unpaired) electrons. The fourth-order valence-electron chi connectivity index (χ4n) is 3.07. The number of carbonyl (C=O) groups excluding carboxylic acids is 1. The van der Waals surface area contributed by atoms with Crippen LogP contribution in [0.4, 0.5) is 13.2 Å². The zero-order valence-electron chi connectivity index (χ0n) is 13.4. The van der Waals surface area contributed by atoms with Crippen LogP contribution >= 0.6 is 0 Å². The van der Waals surface area contributed by atoms with Crippen LogP contribution < -0.4 is 5.32 Å². The van der Waals surface area contributed by atoms with E-state index in [4.69, 9.17) is 5.11 Å². The molecule has 138 valence electrons. The Morgan fingerprint density at radius 1 is 1.23 bits per heavy atom. The predicted molar refractivity (Wildman–Crippen MR) is 82.6 cm³/mol. The SMILES string of the molecule is O=C(N[C@H]1CCC[C@H]1C(=O)O)c1cn(-c2ccccc2C(F)(F)F)nn1. The molecule has 26 heavy (non-hydrogen) atoms. The molecular weight excluding hydrogens is 353 g/mol. The average Bonchev–Trinajstić information content (AvgIpc) is 3.23. The second-order valence-corrected chi connectivity index (χ2v) is 6.02. The van der Waals surface area contributed by atoms with E-state index in [9.17, 15) is 22.8 Å². The predicted octanol–water partition coefficient (Wildman–Crippen LogP) is 2.27. The van der Waals surface area contributed by atoms with Gasteiger partial charge in [-0.25, -0.2) is 4.68 Å². The Bertz CT molecular complexity index is 834. The topological polar surface area (TPSA) is 97.1 Å². The summed E-state index contributed by atoms with van der Waals surface area (Å²) < 4.78 is 40.2. The smallest absolute Gasteiger partial charge is 0.418 e. The second-order valence-electron chi connectivity index (χ2n) is 6.02. The number of carbonyl (C=O) groups is 2. The fourth-order valence-corrected chi connectivity index (χ4v) is 3.07. The minimum Gasteiger partial charge on any atom is -0.481 e. The number of benzene rings is 1. The molecule has 1 fully saturated rings. The van der Waals surface area contributed by atoms with Gasteiger partial charge in [-0.15, -0.1) is 5.10 Å². The van der Waals surface area contributed by atoms with E-state index in [1.54, 1.807) is 0 Å². The molecule has 0 unspecified atom stereocenters. The van der Waals surface area contributed by atoms with Crippen LogP contribution in [-0.4, -0.2) is 38.0 Å². The Kier molecular flexibility index (Phi) is 4.66. The number of carboxylic acids is 1. The lowest BCUT2D eigenvalue weighted by atomic mass is 10.0. The molecule has 1 amide bonds. The summed E-state index contributed by atoms with van der Waals surface area (Å²) >= 11 is 0. The van der Waals surface area contributed by atoms with Crippen LogP contribution in [0.5, 0.6) is 0 Å². The van der Waals surface area contributed by atoms with Gasteiger partial charge in [-0.2, -0.15) is 13.2 Å². The van der Waals surface area contributed by atoms with Gasteiger partial charge in [0.05, 0.1) is 23.4 Å². The van der Waals surface area contributed by atoms with Gasteiger partial charge in [-0.3, -0.25) is 9.59 Å².